The van der Waals surface area contributed by atoms with Crippen LogP contribution in [0.4, 0.5) is 0 Å². The van der Waals surface area contributed by atoms with Gasteiger partial charge in [-0.2, -0.15) is 11.8 Å². The van der Waals surface area contributed by atoms with Gasteiger partial charge in [0, 0.05) is 0 Å². The predicted octanol–water partition coefficient (Wildman–Crippen LogP) is 1.68. The van der Waals surface area contributed by atoms with Gasteiger partial charge in [0.05, 0.1) is 18.2 Å². The van der Waals surface area contributed by atoms with E-state index in [1.54, 1.807) is 0 Å². The van der Waals surface area contributed by atoms with E-state index in [0.717, 1.165) is 5.56 Å². The molecule has 0 aliphatic heterocycles. The Balaban J connectivity index is 2.74. The molecule has 1 atom stereocenters. The zero-order valence-electron chi connectivity index (χ0n) is 9.55. The van der Waals surface area contributed by atoms with Crippen LogP contribution >= 0.6 is 11.8 Å². The van der Waals surface area contributed by atoms with Crippen LogP contribution in [-0.4, -0.2) is 29.0 Å². The number of carbonyl (C=O) groups excluding carboxylic acids is 1. The van der Waals surface area contributed by atoms with Crippen LogP contribution in [0.3, 0.4) is 0 Å². The van der Waals surface area contributed by atoms with Gasteiger partial charge in [-0.05, 0) is 11.8 Å². The number of nitrogens with one attached hydrogen (secondary N) is 1. The maximum absolute atomic E-state index is 11.5. The molecule has 1 rings (SSSR count). The number of benzene rings is 1. The lowest BCUT2D eigenvalue weighted by atomic mass is 10.0. The van der Waals surface area contributed by atoms with Crippen molar-refractivity contribution in [3.05, 3.63) is 35.9 Å². The molecule has 17 heavy (non-hydrogen) atoms. The minimum atomic E-state index is -0.927. The van der Waals surface area contributed by atoms with Crippen molar-refractivity contribution in [2.45, 2.75) is 12.5 Å². The fourth-order valence-corrected chi connectivity index (χ4v) is 1.82. The summed E-state index contributed by atoms with van der Waals surface area (Å²) in [4.78, 5) is 22.2. The van der Waals surface area contributed by atoms with Crippen molar-refractivity contribution in [2.75, 3.05) is 12.0 Å². The second kappa shape index (κ2) is 6.96. The van der Waals surface area contributed by atoms with Gasteiger partial charge in [0.15, 0.2) is 0 Å². The molecule has 0 heterocycles. The van der Waals surface area contributed by atoms with Gasteiger partial charge in [0.25, 0.3) is 0 Å². The van der Waals surface area contributed by atoms with Gasteiger partial charge < -0.3 is 10.4 Å². The average Bonchev–Trinajstić information content (AvgIpc) is 2.29. The van der Waals surface area contributed by atoms with Crippen molar-refractivity contribution < 1.29 is 14.7 Å². The van der Waals surface area contributed by atoms with E-state index in [-0.39, 0.29) is 12.3 Å². The molecule has 0 aliphatic rings. The second-order valence-electron chi connectivity index (χ2n) is 3.56. The molecular weight excluding hydrogens is 238 g/mol. The van der Waals surface area contributed by atoms with Crippen LogP contribution in [0.25, 0.3) is 0 Å². The Morgan fingerprint density at radius 2 is 2.00 bits per heavy atom. The summed E-state index contributed by atoms with van der Waals surface area (Å²) < 4.78 is 0. The summed E-state index contributed by atoms with van der Waals surface area (Å²) in [7, 11) is 0. The number of hydrogen-bond donors (Lipinski definition) is 2. The number of rotatable bonds is 6. The van der Waals surface area contributed by atoms with Crippen molar-refractivity contribution in [2.24, 2.45) is 0 Å². The van der Waals surface area contributed by atoms with Crippen LogP contribution in [0.1, 0.15) is 18.0 Å². The molecule has 5 heteroatoms. The molecule has 0 bridgehead atoms. The summed E-state index contributed by atoms with van der Waals surface area (Å²) >= 11 is 1.41. The highest BCUT2D eigenvalue weighted by Crippen LogP contribution is 2.16. The molecule has 1 aromatic rings. The molecule has 1 amide bonds. The van der Waals surface area contributed by atoms with Crippen molar-refractivity contribution in [3.63, 3.8) is 0 Å². The lowest BCUT2D eigenvalue weighted by molar-refractivity contribution is -0.137. The Morgan fingerprint density at radius 1 is 1.35 bits per heavy atom. The van der Waals surface area contributed by atoms with Crippen molar-refractivity contribution in [3.8, 4) is 0 Å². The van der Waals surface area contributed by atoms with E-state index in [4.69, 9.17) is 5.11 Å². The van der Waals surface area contributed by atoms with Crippen LogP contribution in [0.2, 0.25) is 0 Å². The number of thioether (sulfide) groups is 1. The van der Waals surface area contributed by atoms with Crippen LogP contribution < -0.4 is 5.32 Å². The molecule has 0 saturated carbocycles. The molecule has 1 aromatic carbocycles. The minimum Gasteiger partial charge on any atom is -0.481 e. The van der Waals surface area contributed by atoms with Crippen LogP contribution in [0.5, 0.6) is 0 Å². The van der Waals surface area contributed by atoms with E-state index in [0.29, 0.717) is 5.75 Å². The van der Waals surface area contributed by atoms with Crippen molar-refractivity contribution >= 4 is 23.6 Å². The molecular formula is C12H15NO3S. The monoisotopic (exact) mass is 253 g/mol. The number of aliphatic carboxylic acids is 1. The summed E-state index contributed by atoms with van der Waals surface area (Å²) in [6.07, 6.45) is 1.72. The maximum atomic E-state index is 11.5. The Labute approximate surface area is 104 Å². The van der Waals surface area contributed by atoms with E-state index < -0.39 is 12.0 Å². The smallest absolute Gasteiger partial charge is 0.305 e. The molecule has 0 fully saturated rings. The van der Waals surface area contributed by atoms with E-state index in [1.807, 2.05) is 36.6 Å². The Hall–Kier alpha value is -1.49. The van der Waals surface area contributed by atoms with Gasteiger partial charge >= 0.3 is 5.97 Å². The third kappa shape index (κ3) is 4.91. The number of amides is 1. The first-order chi connectivity index (χ1) is 8.13. The first-order valence-electron chi connectivity index (χ1n) is 5.18. The SMILES string of the molecule is CSCC(=O)N[C@@H](CC(=O)O)c1ccccc1. The fourth-order valence-electron chi connectivity index (χ4n) is 1.48. The second-order valence-corrected chi connectivity index (χ2v) is 4.43. The molecule has 2 N–H and O–H groups in total. The molecule has 0 radical (unpaired) electrons. The van der Waals surface area contributed by atoms with Crippen molar-refractivity contribution in [1.29, 1.82) is 0 Å². The van der Waals surface area contributed by atoms with Gasteiger partial charge in [-0.15, -0.1) is 0 Å². The third-order valence-electron chi connectivity index (χ3n) is 2.19. The minimum absolute atomic E-state index is 0.107. The predicted molar refractivity (Wildman–Crippen MR) is 68.0 cm³/mol. The maximum Gasteiger partial charge on any atom is 0.305 e. The van der Waals surface area contributed by atoms with E-state index in [1.165, 1.54) is 11.8 Å². The van der Waals surface area contributed by atoms with Crippen molar-refractivity contribution in [1.82, 2.24) is 5.32 Å². The summed E-state index contributed by atoms with van der Waals surface area (Å²) in [6.45, 7) is 0. The summed E-state index contributed by atoms with van der Waals surface area (Å²) in [5.74, 6) is -0.737. The van der Waals surface area contributed by atoms with Gasteiger partial charge in [-0.1, -0.05) is 30.3 Å². The highest BCUT2D eigenvalue weighted by atomic mass is 32.2. The molecule has 0 aromatic heterocycles. The quantitative estimate of drug-likeness (QED) is 0.809. The summed E-state index contributed by atoms with van der Waals surface area (Å²) in [5, 5.41) is 11.6. The average molecular weight is 253 g/mol. The molecule has 0 unspecified atom stereocenters. The van der Waals surface area contributed by atoms with Crippen LogP contribution in [-0.2, 0) is 9.59 Å². The fraction of sp³-hybridized carbons (Fsp3) is 0.333. The first-order valence-corrected chi connectivity index (χ1v) is 6.58. The highest BCUT2D eigenvalue weighted by molar-refractivity contribution is 7.99. The summed E-state index contributed by atoms with van der Waals surface area (Å²) in [5.41, 5.74) is 0.810. The van der Waals surface area contributed by atoms with E-state index in [2.05, 4.69) is 5.32 Å². The standard InChI is InChI=1S/C12H15NO3S/c1-17-8-11(14)13-10(7-12(15)16)9-5-3-2-4-6-9/h2-6,10H,7-8H2,1H3,(H,13,14)(H,15,16)/t10-/m0/s1. The number of hydrogen-bond acceptors (Lipinski definition) is 3. The molecule has 4 nitrogen and oxygen atoms in total. The lowest BCUT2D eigenvalue weighted by Gasteiger charge is -2.17. The van der Waals surface area contributed by atoms with Crippen LogP contribution in [0.15, 0.2) is 30.3 Å². The highest BCUT2D eigenvalue weighted by Gasteiger charge is 2.17. The Kier molecular flexibility index (Phi) is 5.56. The van der Waals surface area contributed by atoms with Gasteiger partial charge in [0.2, 0.25) is 5.91 Å². The zero-order chi connectivity index (χ0) is 12.7. The van der Waals surface area contributed by atoms with E-state index in [9.17, 15) is 9.59 Å². The zero-order valence-corrected chi connectivity index (χ0v) is 10.4. The third-order valence-corrected chi connectivity index (χ3v) is 2.74. The topological polar surface area (TPSA) is 66.4 Å². The number of carbonyl (C=O) groups is 2. The number of carboxylic acids is 1. The largest absolute Gasteiger partial charge is 0.481 e. The first kappa shape index (κ1) is 13.6. The van der Waals surface area contributed by atoms with E-state index >= 15 is 0 Å². The van der Waals surface area contributed by atoms with Crippen LogP contribution in [0, 0.1) is 0 Å². The lowest BCUT2D eigenvalue weighted by Crippen LogP contribution is -2.31. The molecule has 0 aliphatic carbocycles. The Morgan fingerprint density at radius 3 is 2.53 bits per heavy atom. The van der Waals surface area contributed by atoms with Gasteiger partial charge in [-0.3, -0.25) is 9.59 Å². The Bertz CT molecular complexity index is 381. The van der Waals surface area contributed by atoms with Gasteiger partial charge in [-0.25, -0.2) is 0 Å². The molecule has 0 saturated heterocycles. The molecule has 92 valence electrons. The number of carboxylic acid groups (broad SMARTS) is 1. The van der Waals surface area contributed by atoms with Gasteiger partial charge in [0.1, 0.15) is 0 Å². The normalized spacial score (nSPS) is 11.8. The summed E-state index contributed by atoms with van der Waals surface area (Å²) in [6, 6.07) is 8.66. The molecule has 0 spiro atoms.